The first-order valence-corrected chi connectivity index (χ1v) is 12.5. The quantitative estimate of drug-likeness (QED) is 0.231. The largest absolute Gasteiger partial charge is 0.464 e. The van der Waals surface area contributed by atoms with E-state index in [2.05, 4.69) is 14.7 Å². The van der Waals surface area contributed by atoms with E-state index < -0.39 is 46.8 Å². The van der Waals surface area contributed by atoms with E-state index in [1.165, 1.54) is 41.3 Å². The van der Waals surface area contributed by atoms with Crippen LogP contribution in [0.25, 0.3) is 22.4 Å². The number of β-amino-alcohol motifs (C(OH)–C–C–N with tert-alkyl or cyclic N) is 1. The number of alkyl halides is 3. The third kappa shape index (κ3) is 5.86. The molecule has 2 atom stereocenters. The number of rotatable bonds is 7. The van der Waals surface area contributed by atoms with Crippen molar-refractivity contribution in [1.82, 2.24) is 9.97 Å². The van der Waals surface area contributed by atoms with Crippen molar-refractivity contribution in [2.24, 2.45) is 0 Å². The second-order valence-electron chi connectivity index (χ2n) is 8.36. The predicted molar refractivity (Wildman–Crippen MR) is 130 cm³/mol. The molecule has 38 heavy (non-hydrogen) atoms. The van der Waals surface area contributed by atoms with Crippen LogP contribution in [0.3, 0.4) is 0 Å². The van der Waals surface area contributed by atoms with Crippen molar-refractivity contribution in [3.63, 3.8) is 0 Å². The number of esters is 1. The molecule has 0 saturated carbocycles. The summed E-state index contributed by atoms with van der Waals surface area (Å²) in [5.74, 6) is -3.23. The molecule has 202 valence electrons. The Kier molecular flexibility index (Phi) is 7.83. The van der Waals surface area contributed by atoms with Crippen LogP contribution in [0.15, 0.2) is 48.5 Å². The van der Waals surface area contributed by atoms with E-state index in [0.717, 1.165) is 12.1 Å². The highest BCUT2D eigenvalue weighted by Gasteiger charge is 2.42. The summed E-state index contributed by atoms with van der Waals surface area (Å²) in [6.45, 7) is 1.33. The molecule has 9 nitrogen and oxygen atoms in total. The van der Waals surface area contributed by atoms with Gasteiger partial charge < -0.3 is 14.7 Å². The number of aliphatic hydroxyl groups is 1. The SMILES string of the molecule is CCOC(=O)[C@@H]1C[C@@H](O)CN1c1nc(C(F)(F)F)nc(-c2ccc(F)cc2)c1-c1cccc(N[SH](=O)=O)c1. The molecular weight excluding hydrogens is 532 g/mol. The molecule has 14 heteroatoms. The van der Waals surface area contributed by atoms with E-state index in [-0.39, 0.29) is 53.5 Å². The summed E-state index contributed by atoms with van der Waals surface area (Å²) in [6.07, 6.45) is -6.19. The van der Waals surface area contributed by atoms with E-state index in [1.54, 1.807) is 6.92 Å². The van der Waals surface area contributed by atoms with Crippen molar-refractivity contribution in [3.05, 3.63) is 60.2 Å². The molecule has 1 fully saturated rings. The zero-order valence-corrected chi connectivity index (χ0v) is 20.7. The van der Waals surface area contributed by atoms with Crippen molar-refractivity contribution in [3.8, 4) is 22.4 Å². The van der Waals surface area contributed by atoms with Gasteiger partial charge in [0.15, 0.2) is 0 Å². The summed E-state index contributed by atoms with van der Waals surface area (Å²) in [6, 6.07) is 9.18. The Balaban J connectivity index is 2.05. The third-order valence-electron chi connectivity index (χ3n) is 5.74. The van der Waals surface area contributed by atoms with Crippen LogP contribution < -0.4 is 9.62 Å². The van der Waals surface area contributed by atoms with Crippen molar-refractivity contribution >= 4 is 28.4 Å². The van der Waals surface area contributed by atoms with Crippen molar-refractivity contribution in [2.45, 2.75) is 31.7 Å². The predicted octanol–water partition coefficient (Wildman–Crippen LogP) is 3.41. The summed E-state index contributed by atoms with van der Waals surface area (Å²) in [5.41, 5.74) is 0.195. The first kappa shape index (κ1) is 27.3. The van der Waals surface area contributed by atoms with E-state index in [4.69, 9.17) is 4.74 Å². The number of anilines is 2. The molecule has 1 saturated heterocycles. The lowest BCUT2D eigenvalue weighted by molar-refractivity contribution is -0.145. The van der Waals surface area contributed by atoms with Gasteiger partial charge in [-0.15, -0.1) is 0 Å². The van der Waals surface area contributed by atoms with E-state index >= 15 is 0 Å². The lowest BCUT2D eigenvalue weighted by Gasteiger charge is -2.28. The lowest BCUT2D eigenvalue weighted by Crippen LogP contribution is -2.38. The zero-order valence-electron chi connectivity index (χ0n) is 19.8. The van der Waals surface area contributed by atoms with Gasteiger partial charge in [-0.2, -0.15) is 13.2 Å². The Morgan fingerprint density at radius 2 is 1.87 bits per heavy atom. The summed E-state index contributed by atoms with van der Waals surface area (Å²) in [7, 11) is -3.05. The summed E-state index contributed by atoms with van der Waals surface area (Å²) >= 11 is 0. The van der Waals surface area contributed by atoms with Crippen LogP contribution in [0, 0.1) is 5.82 Å². The van der Waals surface area contributed by atoms with Gasteiger partial charge >= 0.3 is 12.1 Å². The average Bonchev–Trinajstić information content (AvgIpc) is 3.25. The normalized spacial score (nSPS) is 17.6. The van der Waals surface area contributed by atoms with Gasteiger partial charge in [0, 0.05) is 24.2 Å². The van der Waals surface area contributed by atoms with E-state index in [1.807, 2.05) is 0 Å². The summed E-state index contributed by atoms with van der Waals surface area (Å²) < 4.78 is 85.4. The van der Waals surface area contributed by atoms with Crippen LogP contribution in [-0.4, -0.2) is 54.8 Å². The third-order valence-corrected chi connectivity index (χ3v) is 6.18. The Morgan fingerprint density at radius 3 is 2.50 bits per heavy atom. The molecule has 0 unspecified atom stereocenters. The van der Waals surface area contributed by atoms with Crippen molar-refractivity contribution in [1.29, 1.82) is 0 Å². The number of benzene rings is 2. The number of hydrogen-bond acceptors (Lipinski definition) is 8. The fourth-order valence-electron chi connectivity index (χ4n) is 4.23. The van der Waals surface area contributed by atoms with Gasteiger partial charge in [0.25, 0.3) is 0 Å². The molecule has 0 bridgehead atoms. The first-order chi connectivity index (χ1) is 18.0. The summed E-state index contributed by atoms with van der Waals surface area (Å²) in [5, 5.41) is 10.4. The molecule has 2 heterocycles. The fourth-order valence-corrected chi connectivity index (χ4v) is 4.58. The number of halogens is 4. The standard InChI is InChI=1S/C24H22F4N4O5S/c1-2-37-22(34)18-11-17(33)12-32(18)21-19(14-4-3-5-16(10-14)31-38(35)36)20(13-6-8-15(25)9-7-13)29-23(30-21)24(26,27)28/h3-10,17-18,33,38H,2,11-12H2,1H3,(H,31,35,36)/t17-,18+/m1/s1. The van der Waals surface area contributed by atoms with Gasteiger partial charge in [-0.3, -0.25) is 4.72 Å². The Bertz CT molecular complexity index is 1410. The molecule has 2 N–H and O–H groups in total. The highest BCUT2D eigenvalue weighted by atomic mass is 32.2. The van der Waals surface area contributed by atoms with Gasteiger partial charge in [-0.05, 0) is 48.9 Å². The van der Waals surface area contributed by atoms with Gasteiger partial charge in [0.1, 0.15) is 17.7 Å². The number of carbonyl (C=O) groups is 1. The van der Waals surface area contributed by atoms with Crippen LogP contribution >= 0.6 is 0 Å². The minimum absolute atomic E-state index is 0.00557. The number of carbonyl (C=O) groups excluding carboxylic acids is 1. The van der Waals surface area contributed by atoms with Crippen LogP contribution in [0.1, 0.15) is 19.2 Å². The highest BCUT2D eigenvalue weighted by molar-refractivity contribution is 7.73. The van der Waals surface area contributed by atoms with Crippen LogP contribution in [-0.2, 0) is 26.6 Å². The van der Waals surface area contributed by atoms with E-state index in [9.17, 15) is 35.9 Å². The smallest absolute Gasteiger partial charge is 0.451 e. The second kappa shape index (κ2) is 10.9. The average molecular weight is 555 g/mol. The molecule has 1 aliphatic heterocycles. The number of aliphatic hydroxyl groups excluding tert-OH is 1. The maximum atomic E-state index is 14.0. The van der Waals surface area contributed by atoms with Crippen LogP contribution in [0.2, 0.25) is 0 Å². The molecule has 4 rings (SSSR count). The van der Waals surface area contributed by atoms with Crippen LogP contribution in [0.5, 0.6) is 0 Å². The molecule has 0 spiro atoms. The second-order valence-corrected chi connectivity index (χ2v) is 9.10. The number of nitrogens with zero attached hydrogens (tertiary/aromatic N) is 3. The summed E-state index contributed by atoms with van der Waals surface area (Å²) in [4.78, 5) is 21.5. The highest BCUT2D eigenvalue weighted by Crippen LogP contribution is 2.43. The number of nitrogens with one attached hydrogen (secondary N) is 1. The Morgan fingerprint density at radius 1 is 1.16 bits per heavy atom. The Labute approximate surface area is 216 Å². The fraction of sp³-hybridized carbons (Fsp3) is 0.292. The first-order valence-electron chi connectivity index (χ1n) is 11.4. The number of thiol groups is 1. The molecule has 0 amide bonds. The monoisotopic (exact) mass is 554 g/mol. The molecule has 1 aliphatic rings. The maximum Gasteiger partial charge on any atom is 0.451 e. The minimum atomic E-state index is -5.00. The van der Waals surface area contributed by atoms with Gasteiger partial charge in [-0.1, -0.05) is 12.1 Å². The molecule has 0 aliphatic carbocycles. The topological polar surface area (TPSA) is 122 Å². The zero-order chi connectivity index (χ0) is 27.6. The van der Waals surface area contributed by atoms with Crippen LogP contribution in [0.4, 0.5) is 29.1 Å². The molecule has 3 aromatic rings. The van der Waals surface area contributed by atoms with Gasteiger partial charge in [0.2, 0.25) is 16.7 Å². The van der Waals surface area contributed by atoms with Crippen molar-refractivity contribution < 1.29 is 40.6 Å². The van der Waals surface area contributed by atoms with Gasteiger partial charge in [-0.25, -0.2) is 27.6 Å². The molecular formula is C24H22F4N4O5S. The van der Waals surface area contributed by atoms with Crippen molar-refractivity contribution in [2.75, 3.05) is 22.8 Å². The van der Waals surface area contributed by atoms with Gasteiger partial charge in [0.05, 0.1) is 24.0 Å². The number of hydrogen-bond donors (Lipinski definition) is 3. The maximum absolute atomic E-state index is 14.0. The molecule has 2 aromatic carbocycles. The molecule has 1 aromatic heterocycles. The minimum Gasteiger partial charge on any atom is -0.464 e. The number of aromatic nitrogens is 2. The molecule has 0 radical (unpaired) electrons. The number of ether oxygens (including phenoxy) is 1. The van der Waals surface area contributed by atoms with E-state index in [0.29, 0.717) is 0 Å². The Hall–Kier alpha value is -3.78. The lowest BCUT2D eigenvalue weighted by atomic mass is 9.98.